The Labute approximate surface area is 169 Å². The van der Waals surface area contributed by atoms with Crippen LogP contribution in [0.2, 0.25) is 0 Å². The summed E-state index contributed by atoms with van der Waals surface area (Å²) in [5.74, 6) is -0.387. The number of nitrogens with zero attached hydrogens (tertiary/aromatic N) is 3. The highest BCUT2D eigenvalue weighted by Gasteiger charge is 2.18. The Morgan fingerprint density at radius 3 is 2.26 bits per heavy atom. The van der Waals surface area contributed by atoms with E-state index in [1.165, 1.54) is 49.7 Å². The van der Waals surface area contributed by atoms with E-state index in [-0.39, 0.29) is 10.8 Å². The first-order valence-electron chi connectivity index (χ1n) is 7.71. The van der Waals surface area contributed by atoms with Gasteiger partial charge in [0.2, 0.25) is 15.2 Å². The Morgan fingerprint density at radius 1 is 1.04 bits per heavy atom. The predicted molar refractivity (Wildman–Crippen MR) is 108 cm³/mol. The Balaban J connectivity index is 1.73. The van der Waals surface area contributed by atoms with Crippen molar-refractivity contribution in [3.8, 4) is 10.6 Å². The highest BCUT2D eigenvalue weighted by Crippen LogP contribution is 2.27. The first kappa shape index (κ1) is 19.6. The van der Waals surface area contributed by atoms with Gasteiger partial charge in [0.25, 0.3) is 5.91 Å². The summed E-state index contributed by atoms with van der Waals surface area (Å²) in [5.41, 5.74) is 1.22. The summed E-state index contributed by atoms with van der Waals surface area (Å²) in [6.45, 7) is 0. The third-order valence-electron chi connectivity index (χ3n) is 3.63. The van der Waals surface area contributed by atoms with Crippen LogP contribution < -0.4 is 5.32 Å². The molecule has 0 spiro atoms. The highest BCUT2D eigenvalue weighted by atomic mass is 79.9. The molecule has 2 aromatic carbocycles. The zero-order valence-electron chi connectivity index (χ0n) is 14.4. The van der Waals surface area contributed by atoms with Crippen LogP contribution in [0.4, 0.5) is 5.13 Å². The monoisotopic (exact) mass is 466 g/mol. The number of nitrogens with one attached hydrogen (secondary N) is 1. The van der Waals surface area contributed by atoms with Gasteiger partial charge in [0, 0.05) is 29.7 Å². The number of sulfonamides is 1. The van der Waals surface area contributed by atoms with E-state index in [0.717, 1.165) is 14.3 Å². The van der Waals surface area contributed by atoms with Gasteiger partial charge in [0.1, 0.15) is 5.01 Å². The van der Waals surface area contributed by atoms with Crippen molar-refractivity contribution in [2.24, 2.45) is 0 Å². The SMILES string of the molecule is CN(C)S(=O)(=O)c1ccc(C(=O)Nc2nnc(-c3ccc(Br)cc3)s2)cc1. The number of anilines is 1. The Bertz CT molecular complexity index is 1060. The third kappa shape index (κ3) is 4.41. The van der Waals surface area contributed by atoms with Gasteiger partial charge in [-0.3, -0.25) is 10.1 Å². The molecule has 10 heteroatoms. The number of carbonyl (C=O) groups is 1. The van der Waals surface area contributed by atoms with Crippen molar-refractivity contribution in [1.82, 2.24) is 14.5 Å². The smallest absolute Gasteiger partial charge is 0.257 e. The molecule has 140 valence electrons. The molecule has 0 saturated carbocycles. The van der Waals surface area contributed by atoms with Crippen LogP contribution in [-0.4, -0.2) is 42.9 Å². The first-order valence-corrected chi connectivity index (χ1v) is 10.8. The van der Waals surface area contributed by atoms with E-state index in [2.05, 4.69) is 31.4 Å². The van der Waals surface area contributed by atoms with Crippen molar-refractivity contribution in [2.45, 2.75) is 4.90 Å². The van der Waals surface area contributed by atoms with Gasteiger partial charge in [-0.15, -0.1) is 10.2 Å². The van der Waals surface area contributed by atoms with Crippen molar-refractivity contribution >= 4 is 48.3 Å². The van der Waals surface area contributed by atoms with E-state index in [1.54, 1.807) is 0 Å². The fourth-order valence-electron chi connectivity index (χ4n) is 2.14. The molecule has 0 aliphatic heterocycles. The van der Waals surface area contributed by atoms with Crippen LogP contribution in [0.3, 0.4) is 0 Å². The second kappa shape index (κ2) is 7.85. The molecule has 0 bridgehead atoms. The minimum Gasteiger partial charge on any atom is -0.296 e. The number of benzene rings is 2. The van der Waals surface area contributed by atoms with Crippen LogP contribution in [0.5, 0.6) is 0 Å². The summed E-state index contributed by atoms with van der Waals surface area (Å²) in [6, 6.07) is 13.3. The van der Waals surface area contributed by atoms with Crippen molar-refractivity contribution in [3.63, 3.8) is 0 Å². The number of rotatable bonds is 5. The summed E-state index contributed by atoms with van der Waals surface area (Å²) in [4.78, 5) is 12.5. The second-order valence-electron chi connectivity index (χ2n) is 5.69. The summed E-state index contributed by atoms with van der Waals surface area (Å²) < 4.78 is 26.2. The zero-order valence-corrected chi connectivity index (χ0v) is 17.6. The maximum Gasteiger partial charge on any atom is 0.257 e. The number of hydrogen-bond acceptors (Lipinski definition) is 6. The van der Waals surface area contributed by atoms with Crippen LogP contribution in [0.1, 0.15) is 10.4 Å². The molecule has 0 atom stereocenters. The summed E-state index contributed by atoms with van der Waals surface area (Å²) in [7, 11) is -0.625. The molecule has 1 heterocycles. The molecular weight excluding hydrogens is 452 g/mol. The zero-order chi connectivity index (χ0) is 19.6. The third-order valence-corrected chi connectivity index (χ3v) is 6.88. The van der Waals surface area contributed by atoms with E-state index in [9.17, 15) is 13.2 Å². The Morgan fingerprint density at radius 2 is 1.67 bits per heavy atom. The molecule has 7 nitrogen and oxygen atoms in total. The minimum atomic E-state index is -3.53. The second-order valence-corrected chi connectivity index (χ2v) is 9.73. The normalized spacial score (nSPS) is 11.6. The molecule has 0 saturated heterocycles. The van der Waals surface area contributed by atoms with Crippen molar-refractivity contribution < 1.29 is 13.2 Å². The van der Waals surface area contributed by atoms with Crippen molar-refractivity contribution in [3.05, 3.63) is 58.6 Å². The largest absolute Gasteiger partial charge is 0.296 e. The minimum absolute atomic E-state index is 0.123. The topological polar surface area (TPSA) is 92.3 Å². The molecule has 3 rings (SSSR count). The molecule has 3 aromatic rings. The van der Waals surface area contributed by atoms with Gasteiger partial charge >= 0.3 is 0 Å². The molecule has 0 unspecified atom stereocenters. The lowest BCUT2D eigenvalue weighted by Gasteiger charge is -2.11. The van der Waals surface area contributed by atoms with Gasteiger partial charge in [0.05, 0.1) is 4.90 Å². The maximum absolute atomic E-state index is 12.4. The fraction of sp³-hybridized carbons (Fsp3) is 0.118. The maximum atomic E-state index is 12.4. The predicted octanol–water partition coefficient (Wildman–Crippen LogP) is 3.47. The van der Waals surface area contributed by atoms with Gasteiger partial charge in [-0.25, -0.2) is 12.7 Å². The number of halogens is 1. The van der Waals surface area contributed by atoms with E-state index in [1.807, 2.05) is 24.3 Å². The molecule has 1 aromatic heterocycles. The van der Waals surface area contributed by atoms with Gasteiger partial charge < -0.3 is 0 Å². The van der Waals surface area contributed by atoms with E-state index in [0.29, 0.717) is 15.7 Å². The van der Waals surface area contributed by atoms with Crippen LogP contribution in [-0.2, 0) is 10.0 Å². The van der Waals surface area contributed by atoms with Gasteiger partial charge in [-0.1, -0.05) is 39.4 Å². The Kier molecular flexibility index (Phi) is 5.70. The van der Waals surface area contributed by atoms with Crippen LogP contribution in [0.25, 0.3) is 10.6 Å². The fourth-order valence-corrected chi connectivity index (χ4v) is 4.05. The van der Waals surface area contributed by atoms with E-state index < -0.39 is 10.0 Å². The van der Waals surface area contributed by atoms with Crippen LogP contribution >= 0.6 is 27.3 Å². The number of aromatic nitrogens is 2. The molecule has 0 aliphatic carbocycles. The Hall–Kier alpha value is -2.14. The van der Waals surface area contributed by atoms with Gasteiger partial charge in [-0.05, 0) is 36.4 Å². The van der Waals surface area contributed by atoms with Crippen molar-refractivity contribution in [1.29, 1.82) is 0 Å². The molecular formula is C17H15BrN4O3S2. The van der Waals surface area contributed by atoms with Gasteiger partial charge in [-0.2, -0.15) is 0 Å². The van der Waals surface area contributed by atoms with E-state index >= 15 is 0 Å². The first-order chi connectivity index (χ1) is 12.8. The number of amides is 1. The van der Waals surface area contributed by atoms with E-state index in [4.69, 9.17) is 0 Å². The quantitative estimate of drug-likeness (QED) is 0.621. The average Bonchev–Trinajstić information content (AvgIpc) is 3.10. The van der Waals surface area contributed by atoms with Crippen molar-refractivity contribution in [2.75, 3.05) is 19.4 Å². The molecule has 0 fully saturated rings. The standard InChI is InChI=1S/C17H15BrN4O3S2/c1-22(2)27(24,25)14-9-5-11(6-10-14)15(23)19-17-21-20-16(26-17)12-3-7-13(18)8-4-12/h3-10H,1-2H3,(H,19,21,23). The average molecular weight is 467 g/mol. The summed E-state index contributed by atoms with van der Waals surface area (Å²) >= 11 is 4.63. The lowest BCUT2D eigenvalue weighted by molar-refractivity contribution is 0.102. The molecule has 27 heavy (non-hydrogen) atoms. The molecule has 1 N–H and O–H groups in total. The summed E-state index contributed by atoms with van der Waals surface area (Å²) in [6.07, 6.45) is 0. The number of carbonyl (C=O) groups excluding carboxylic acids is 1. The van der Waals surface area contributed by atoms with Gasteiger partial charge in [0.15, 0.2) is 0 Å². The number of hydrogen-bond donors (Lipinski definition) is 1. The molecule has 0 radical (unpaired) electrons. The highest BCUT2D eigenvalue weighted by molar-refractivity contribution is 9.10. The summed E-state index contributed by atoms with van der Waals surface area (Å²) in [5, 5.41) is 11.8. The molecule has 0 aliphatic rings. The molecule has 1 amide bonds. The lowest BCUT2D eigenvalue weighted by Crippen LogP contribution is -2.22. The lowest BCUT2D eigenvalue weighted by atomic mass is 10.2. The van der Waals surface area contributed by atoms with Crippen LogP contribution in [0.15, 0.2) is 57.9 Å². The van der Waals surface area contributed by atoms with Crippen LogP contribution in [0, 0.1) is 0 Å².